The van der Waals surface area contributed by atoms with E-state index < -0.39 is 0 Å². The van der Waals surface area contributed by atoms with Crippen LogP contribution in [0, 0.1) is 3.57 Å². The van der Waals surface area contributed by atoms with Gasteiger partial charge in [0.2, 0.25) is 0 Å². The Kier molecular flexibility index (Phi) is 6.64. The molecule has 0 aliphatic rings. The van der Waals surface area contributed by atoms with Crippen LogP contribution >= 0.6 is 22.6 Å². The molecule has 0 aromatic heterocycles. The van der Waals surface area contributed by atoms with Crippen LogP contribution in [0.2, 0.25) is 0 Å². The summed E-state index contributed by atoms with van der Waals surface area (Å²) in [5.41, 5.74) is 4.30. The summed E-state index contributed by atoms with van der Waals surface area (Å²) in [6.45, 7) is 2.64. The lowest BCUT2D eigenvalue weighted by Gasteiger charge is -2.10. The molecule has 0 atom stereocenters. The van der Waals surface area contributed by atoms with Gasteiger partial charge in [-0.2, -0.15) is 5.10 Å². The Hall–Kier alpha value is -2.61. The van der Waals surface area contributed by atoms with Gasteiger partial charge in [0.15, 0.2) is 0 Å². The van der Waals surface area contributed by atoms with Gasteiger partial charge in [-0.15, -0.1) is 0 Å². The first kappa shape index (κ1) is 19.2. The first-order valence-electron chi connectivity index (χ1n) is 8.63. The van der Waals surface area contributed by atoms with E-state index in [4.69, 9.17) is 4.74 Å². The molecule has 138 valence electrons. The van der Waals surface area contributed by atoms with Crippen molar-refractivity contribution in [2.45, 2.75) is 6.92 Å². The fourth-order valence-corrected chi connectivity index (χ4v) is 3.01. The van der Waals surface area contributed by atoms with E-state index in [0.717, 1.165) is 31.3 Å². The Balaban J connectivity index is 1.67. The molecule has 0 saturated carbocycles. The summed E-state index contributed by atoms with van der Waals surface area (Å²) in [4.78, 5) is 12.0. The number of carbonyl (C=O) groups excluding carboxylic acids is 1. The number of hydrazone groups is 1. The maximum atomic E-state index is 12.0. The molecule has 0 heterocycles. The molecule has 3 rings (SSSR count). The van der Waals surface area contributed by atoms with Crippen molar-refractivity contribution in [3.63, 3.8) is 0 Å². The highest BCUT2D eigenvalue weighted by Gasteiger charge is 2.07. The number of carbonyl (C=O) groups is 1. The minimum absolute atomic E-state index is 0.145. The van der Waals surface area contributed by atoms with Crippen molar-refractivity contribution >= 4 is 51.2 Å². The third-order valence-corrected chi connectivity index (χ3v) is 4.63. The highest BCUT2D eigenvalue weighted by atomic mass is 127. The second-order valence-electron chi connectivity index (χ2n) is 5.79. The van der Waals surface area contributed by atoms with Crippen LogP contribution in [0.4, 0.5) is 5.69 Å². The first-order chi connectivity index (χ1) is 13.2. The number of anilines is 1. The van der Waals surface area contributed by atoms with Crippen molar-refractivity contribution in [2.75, 3.05) is 18.5 Å². The standard InChI is InChI=1S/C21H20IN3O2/c1-2-27-20-12-7-15-5-3-4-6-18(15)19(20)13-24-25-21(26)14-23-17-10-8-16(22)9-11-17/h3-13,23H,2,14H2,1H3,(H,25,26)/b24-13-. The van der Waals surface area contributed by atoms with Crippen LogP contribution in [0.1, 0.15) is 12.5 Å². The SMILES string of the molecule is CCOc1ccc2ccccc2c1/C=N\NC(=O)CNc1ccc(I)cc1. The molecule has 5 nitrogen and oxygen atoms in total. The number of halogens is 1. The van der Waals surface area contributed by atoms with Gasteiger partial charge in [0.05, 0.1) is 19.4 Å². The Morgan fingerprint density at radius 3 is 2.67 bits per heavy atom. The molecule has 0 saturated heterocycles. The van der Waals surface area contributed by atoms with Crippen LogP contribution in [0.3, 0.4) is 0 Å². The number of benzene rings is 3. The lowest BCUT2D eigenvalue weighted by atomic mass is 10.0. The van der Waals surface area contributed by atoms with E-state index in [9.17, 15) is 4.79 Å². The van der Waals surface area contributed by atoms with Crippen LogP contribution < -0.4 is 15.5 Å². The molecule has 1 amide bonds. The zero-order valence-electron chi connectivity index (χ0n) is 14.9. The number of hydrogen-bond donors (Lipinski definition) is 2. The molecule has 0 fully saturated rings. The maximum absolute atomic E-state index is 12.0. The van der Waals surface area contributed by atoms with Crippen LogP contribution in [-0.2, 0) is 4.79 Å². The van der Waals surface area contributed by atoms with Gasteiger partial charge in [0.1, 0.15) is 5.75 Å². The van der Waals surface area contributed by atoms with Crippen molar-refractivity contribution in [3.8, 4) is 5.75 Å². The van der Waals surface area contributed by atoms with Crippen molar-refractivity contribution in [3.05, 3.63) is 69.8 Å². The largest absolute Gasteiger partial charge is 0.493 e. The summed E-state index contributed by atoms with van der Waals surface area (Å²) < 4.78 is 6.85. The molecular weight excluding hydrogens is 453 g/mol. The number of ether oxygens (including phenoxy) is 1. The number of amides is 1. The number of rotatable bonds is 7. The Morgan fingerprint density at radius 2 is 1.89 bits per heavy atom. The molecule has 0 radical (unpaired) electrons. The summed E-state index contributed by atoms with van der Waals surface area (Å²) >= 11 is 2.24. The molecule has 0 spiro atoms. The molecule has 27 heavy (non-hydrogen) atoms. The lowest BCUT2D eigenvalue weighted by Crippen LogP contribution is -2.25. The van der Waals surface area contributed by atoms with E-state index in [1.54, 1.807) is 6.21 Å². The highest BCUT2D eigenvalue weighted by molar-refractivity contribution is 14.1. The van der Waals surface area contributed by atoms with Gasteiger partial charge < -0.3 is 10.1 Å². The molecular formula is C21H20IN3O2. The van der Waals surface area contributed by atoms with Gasteiger partial charge in [0, 0.05) is 14.8 Å². The summed E-state index contributed by atoms with van der Waals surface area (Å²) in [5, 5.41) is 9.30. The van der Waals surface area contributed by atoms with Crippen LogP contribution in [0.15, 0.2) is 65.8 Å². The maximum Gasteiger partial charge on any atom is 0.259 e. The molecule has 0 bridgehead atoms. The van der Waals surface area contributed by atoms with Crippen LogP contribution in [-0.4, -0.2) is 25.3 Å². The van der Waals surface area contributed by atoms with Crippen LogP contribution in [0.5, 0.6) is 5.75 Å². The Morgan fingerprint density at radius 1 is 1.11 bits per heavy atom. The number of hydrogen-bond acceptors (Lipinski definition) is 4. The van der Waals surface area contributed by atoms with Gasteiger partial charge in [-0.3, -0.25) is 4.79 Å². The molecule has 3 aromatic carbocycles. The Bertz CT molecular complexity index is 955. The average molecular weight is 473 g/mol. The quantitative estimate of drug-likeness (QED) is 0.304. The third-order valence-electron chi connectivity index (χ3n) is 3.91. The molecule has 6 heteroatoms. The monoisotopic (exact) mass is 473 g/mol. The van der Waals surface area contributed by atoms with E-state index >= 15 is 0 Å². The first-order valence-corrected chi connectivity index (χ1v) is 9.71. The fourth-order valence-electron chi connectivity index (χ4n) is 2.65. The topological polar surface area (TPSA) is 62.7 Å². The van der Waals surface area contributed by atoms with Gasteiger partial charge in [-0.1, -0.05) is 30.3 Å². The zero-order valence-corrected chi connectivity index (χ0v) is 17.1. The molecule has 0 unspecified atom stereocenters. The van der Waals surface area contributed by atoms with Crippen molar-refractivity contribution < 1.29 is 9.53 Å². The Labute approximate surface area is 171 Å². The fraction of sp³-hybridized carbons (Fsp3) is 0.143. The molecule has 2 N–H and O–H groups in total. The summed E-state index contributed by atoms with van der Waals surface area (Å²) in [7, 11) is 0. The molecule has 0 aliphatic carbocycles. The van der Waals surface area contributed by atoms with Crippen molar-refractivity contribution in [2.24, 2.45) is 5.10 Å². The third kappa shape index (κ3) is 5.19. The van der Waals surface area contributed by atoms with Gasteiger partial charge in [0.25, 0.3) is 5.91 Å². The number of nitrogens with zero attached hydrogens (tertiary/aromatic N) is 1. The smallest absolute Gasteiger partial charge is 0.259 e. The van der Waals surface area contributed by atoms with E-state index in [1.807, 2.05) is 67.6 Å². The highest BCUT2D eigenvalue weighted by Crippen LogP contribution is 2.26. The second-order valence-corrected chi connectivity index (χ2v) is 7.03. The second kappa shape index (κ2) is 9.36. The molecule has 3 aromatic rings. The minimum atomic E-state index is -0.219. The van der Waals surface area contributed by atoms with Crippen LogP contribution in [0.25, 0.3) is 10.8 Å². The van der Waals surface area contributed by atoms with Gasteiger partial charge >= 0.3 is 0 Å². The zero-order chi connectivity index (χ0) is 19.1. The number of nitrogens with one attached hydrogen (secondary N) is 2. The van der Waals surface area contributed by atoms with Gasteiger partial charge in [-0.05, 0) is 70.6 Å². The van der Waals surface area contributed by atoms with E-state index in [0.29, 0.717) is 6.61 Å². The molecule has 0 aliphatic heterocycles. The number of fused-ring (bicyclic) bond motifs is 1. The van der Waals surface area contributed by atoms with Crippen molar-refractivity contribution in [1.82, 2.24) is 5.43 Å². The van der Waals surface area contributed by atoms with Crippen molar-refractivity contribution in [1.29, 1.82) is 0 Å². The predicted molar refractivity (Wildman–Crippen MR) is 119 cm³/mol. The summed E-state index contributed by atoms with van der Waals surface area (Å²) in [5.74, 6) is 0.522. The van der Waals surface area contributed by atoms with E-state index in [-0.39, 0.29) is 12.5 Å². The van der Waals surface area contributed by atoms with E-state index in [2.05, 4.69) is 38.4 Å². The van der Waals surface area contributed by atoms with Gasteiger partial charge in [-0.25, -0.2) is 5.43 Å². The summed E-state index contributed by atoms with van der Waals surface area (Å²) in [6, 6.07) is 19.8. The predicted octanol–water partition coefficient (Wildman–Crippen LogP) is 4.41. The normalized spacial score (nSPS) is 10.9. The lowest BCUT2D eigenvalue weighted by molar-refractivity contribution is -0.119. The van der Waals surface area contributed by atoms with E-state index in [1.165, 1.54) is 0 Å². The minimum Gasteiger partial charge on any atom is -0.493 e. The average Bonchev–Trinajstić information content (AvgIpc) is 2.69. The summed E-state index contributed by atoms with van der Waals surface area (Å²) in [6.07, 6.45) is 1.64.